The number of halogens is 2. The van der Waals surface area contributed by atoms with E-state index in [2.05, 4.69) is 10.4 Å². The Morgan fingerprint density at radius 3 is 2.97 bits per heavy atom. The van der Waals surface area contributed by atoms with Crippen molar-refractivity contribution in [3.63, 3.8) is 0 Å². The number of nitrogens with zero attached hydrogens (tertiary/aromatic N) is 3. The predicted molar refractivity (Wildman–Crippen MR) is 108 cm³/mol. The highest BCUT2D eigenvalue weighted by Gasteiger charge is 2.31. The van der Waals surface area contributed by atoms with Gasteiger partial charge in [-0.15, -0.1) is 0 Å². The normalized spacial score (nSPS) is 16.1. The summed E-state index contributed by atoms with van der Waals surface area (Å²) in [6.07, 6.45) is 2.19. The van der Waals surface area contributed by atoms with Crippen LogP contribution in [-0.4, -0.2) is 39.5 Å². The number of hydrogen-bond acceptors (Lipinski definition) is 4. The van der Waals surface area contributed by atoms with E-state index in [0.717, 1.165) is 0 Å². The zero-order chi connectivity index (χ0) is 21.0. The molecule has 158 valence electrons. The first-order chi connectivity index (χ1) is 13.9. The highest BCUT2D eigenvalue weighted by molar-refractivity contribution is 6.31. The van der Waals surface area contributed by atoms with Crippen molar-refractivity contribution in [1.29, 1.82) is 0 Å². The van der Waals surface area contributed by atoms with Crippen LogP contribution in [0.3, 0.4) is 0 Å². The van der Waals surface area contributed by atoms with Crippen molar-refractivity contribution in [2.45, 2.75) is 58.2 Å². The summed E-state index contributed by atoms with van der Waals surface area (Å²) in [4.78, 5) is 25.4. The van der Waals surface area contributed by atoms with Gasteiger partial charge in [0.2, 0.25) is 5.91 Å². The maximum absolute atomic E-state index is 14.1. The van der Waals surface area contributed by atoms with E-state index in [1.165, 1.54) is 21.4 Å². The average Bonchev–Trinajstić information content (AvgIpc) is 3.00. The summed E-state index contributed by atoms with van der Waals surface area (Å²) in [7, 11) is 0. The van der Waals surface area contributed by atoms with Crippen LogP contribution in [0.4, 0.5) is 4.39 Å². The molecular formula is C20H26ClFN4O3. The van der Waals surface area contributed by atoms with Crippen molar-refractivity contribution in [3.8, 4) is 0 Å². The van der Waals surface area contributed by atoms with Gasteiger partial charge >= 0.3 is 5.69 Å². The molecule has 0 bridgehead atoms. The Balaban J connectivity index is 1.72. The van der Waals surface area contributed by atoms with Gasteiger partial charge in [0.15, 0.2) is 0 Å². The molecule has 29 heavy (non-hydrogen) atoms. The zero-order valence-corrected chi connectivity index (χ0v) is 17.4. The summed E-state index contributed by atoms with van der Waals surface area (Å²) < 4.78 is 22.3. The number of ether oxygens (including phenoxy) is 1. The quantitative estimate of drug-likeness (QED) is 0.661. The summed E-state index contributed by atoms with van der Waals surface area (Å²) >= 11 is 6.08. The molecule has 1 atom stereocenters. The molecule has 1 aromatic carbocycles. The number of nitrogens with one attached hydrogen (secondary N) is 1. The second-order valence-corrected chi connectivity index (χ2v) is 7.82. The highest BCUT2D eigenvalue weighted by Crippen LogP contribution is 2.25. The highest BCUT2D eigenvalue weighted by atomic mass is 35.5. The van der Waals surface area contributed by atoms with Gasteiger partial charge in [0.25, 0.3) is 0 Å². The molecule has 2 heterocycles. The first kappa shape index (κ1) is 21.5. The molecule has 2 aromatic rings. The van der Waals surface area contributed by atoms with Crippen molar-refractivity contribution in [3.05, 3.63) is 50.9 Å². The van der Waals surface area contributed by atoms with E-state index in [0.29, 0.717) is 44.8 Å². The van der Waals surface area contributed by atoms with Gasteiger partial charge in [-0.05, 0) is 45.2 Å². The van der Waals surface area contributed by atoms with Gasteiger partial charge in [0, 0.05) is 30.3 Å². The third kappa shape index (κ3) is 5.05. The van der Waals surface area contributed by atoms with Crippen molar-refractivity contribution in [2.24, 2.45) is 0 Å². The van der Waals surface area contributed by atoms with Gasteiger partial charge in [0.05, 0.1) is 18.6 Å². The monoisotopic (exact) mass is 424 g/mol. The van der Waals surface area contributed by atoms with E-state index >= 15 is 0 Å². The summed E-state index contributed by atoms with van der Waals surface area (Å²) in [5.74, 6) is -0.727. The molecule has 1 aliphatic rings. The lowest BCUT2D eigenvalue weighted by atomic mass is 9.98. The lowest BCUT2D eigenvalue weighted by molar-refractivity contribution is -0.123. The third-order valence-corrected chi connectivity index (χ3v) is 5.25. The van der Waals surface area contributed by atoms with Gasteiger partial charge in [0.1, 0.15) is 11.6 Å². The van der Waals surface area contributed by atoms with Crippen molar-refractivity contribution in [2.75, 3.05) is 13.2 Å². The Kier molecular flexibility index (Phi) is 7.08. The molecule has 3 rings (SSSR count). The van der Waals surface area contributed by atoms with E-state index in [1.54, 1.807) is 6.07 Å². The second kappa shape index (κ2) is 9.54. The minimum atomic E-state index is -0.500. The van der Waals surface area contributed by atoms with Gasteiger partial charge in [-0.1, -0.05) is 17.7 Å². The zero-order valence-electron chi connectivity index (χ0n) is 16.7. The van der Waals surface area contributed by atoms with Crippen LogP contribution in [-0.2, 0) is 22.6 Å². The van der Waals surface area contributed by atoms with Crippen molar-refractivity contribution in [1.82, 2.24) is 19.7 Å². The number of aromatic nitrogens is 3. The fraction of sp³-hybridized carbons (Fsp3) is 0.550. The van der Waals surface area contributed by atoms with Crippen LogP contribution in [0.1, 0.15) is 50.4 Å². The van der Waals surface area contributed by atoms with Crippen molar-refractivity contribution >= 4 is 17.5 Å². The molecule has 1 unspecified atom stereocenters. The van der Waals surface area contributed by atoms with Crippen LogP contribution >= 0.6 is 11.6 Å². The maximum atomic E-state index is 14.1. The average molecular weight is 425 g/mol. The SMILES string of the molecule is CC(C)OCCCNC(=O)C1CCCn2c1nn(Cc1c(F)cccc1Cl)c2=O. The van der Waals surface area contributed by atoms with Crippen LogP contribution in [0.2, 0.25) is 5.02 Å². The first-order valence-electron chi connectivity index (χ1n) is 9.88. The minimum Gasteiger partial charge on any atom is -0.379 e. The Morgan fingerprint density at radius 1 is 1.45 bits per heavy atom. The van der Waals surface area contributed by atoms with E-state index in [1.807, 2.05) is 13.8 Å². The number of amides is 1. The molecule has 1 amide bonds. The van der Waals surface area contributed by atoms with E-state index in [4.69, 9.17) is 16.3 Å². The van der Waals surface area contributed by atoms with Gasteiger partial charge < -0.3 is 10.1 Å². The topological polar surface area (TPSA) is 78.2 Å². The Morgan fingerprint density at radius 2 is 2.24 bits per heavy atom. The van der Waals surface area contributed by atoms with Crippen molar-refractivity contribution < 1.29 is 13.9 Å². The van der Waals surface area contributed by atoms with Crippen LogP contribution in [0.25, 0.3) is 0 Å². The molecule has 0 saturated carbocycles. The minimum absolute atomic E-state index is 0.0782. The number of benzene rings is 1. The number of fused-ring (bicyclic) bond motifs is 1. The van der Waals surface area contributed by atoms with E-state index in [9.17, 15) is 14.0 Å². The molecule has 9 heteroatoms. The lowest BCUT2D eigenvalue weighted by Gasteiger charge is -2.21. The summed E-state index contributed by atoms with van der Waals surface area (Å²) in [5, 5.41) is 7.49. The fourth-order valence-corrected chi connectivity index (χ4v) is 3.64. The van der Waals surface area contributed by atoms with Crippen LogP contribution in [0.15, 0.2) is 23.0 Å². The number of hydrogen-bond donors (Lipinski definition) is 1. The summed E-state index contributed by atoms with van der Waals surface area (Å²) in [6.45, 7) is 5.41. The van der Waals surface area contributed by atoms with E-state index < -0.39 is 11.7 Å². The largest absolute Gasteiger partial charge is 0.379 e. The van der Waals surface area contributed by atoms with E-state index in [-0.39, 0.29) is 34.8 Å². The fourth-order valence-electron chi connectivity index (χ4n) is 3.42. The standard InChI is InChI=1S/C20H26ClFN4O3/c1-13(2)29-11-5-9-23-19(27)14-6-4-10-25-18(14)24-26(20(25)28)12-15-16(21)7-3-8-17(15)22/h3,7-8,13-14H,4-6,9-12H2,1-2H3,(H,23,27). The molecule has 0 radical (unpaired) electrons. The van der Waals surface area contributed by atoms with Gasteiger partial charge in [-0.2, -0.15) is 5.10 Å². The van der Waals surface area contributed by atoms with Gasteiger partial charge in [-0.25, -0.2) is 13.9 Å². The van der Waals surface area contributed by atoms with Gasteiger partial charge in [-0.3, -0.25) is 9.36 Å². The predicted octanol–water partition coefficient (Wildman–Crippen LogP) is 2.69. The Hall–Kier alpha value is -2.19. The number of rotatable bonds is 8. The molecule has 1 N–H and O–H groups in total. The number of carbonyl (C=O) groups is 1. The van der Waals surface area contributed by atoms with Crippen LogP contribution in [0, 0.1) is 5.82 Å². The maximum Gasteiger partial charge on any atom is 0.346 e. The summed E-state index contributed by atoms with van der Waals surface area (Å²) in [6, 6.07) is 4.37. The lowest BCUT2D eigenvalue weighted by Crippen LogP contribution is -2.35. The molecule has 0 fully saturated rings. The van der Waals surface area contributed by atoms with Crippen LogP contribution < -0.4 is 11.0 Å². The Labute approximate surface area is 173 Å². The first-order valence-corrected chi connectivity index (χ1v) is 10.3. The smallest absolute Gasteiger partial charge is 0.346 e. The summed E-state index contributed by atoms with van der Waals surface area (Å²) in [5.41, 5.74) is -0.153. The third-order valence-electron chi connectivity index (χ3n) is 4.90. The molecule has 7 nitrogen and oxygen atoms in total. The molecule has 0 spiro atoms. The number of carbonyl (C=O) groups excluding carboxylic acids is 1. The molecular weight excluding hydrogens is 399 g/mol. The molecule has 1 aromatic heterocycles. The van der Waals surface area contributed by atoms with Crippen LogP contribution in [0.5, 0.6) is 0 Å². The Bertz CT molecular complexity index is 905. The molecule has 0 aliphatic carbocycles. The molecule has 1 aliphatic heterocycles. The second-order valence-electron chi connectivity index (χ2n) is 7.41. The molecule has 0 saturated heterocycles.